The highest BCUT2D eigenvalue weighted by Gasteiger charge is 2.18. The molecule has 0 amide bonds. The predicted octanol–water partition coefficient (Wildman–Crippen LogP) is 3.70. The van der Waals surface area contributed by atoms with Crippen LogP contribution in [0.3, 0.4) is 0 Å². The highest BCUT2D eigenvalue weighted by atomic mass is 19.1. The first-order valence-corrected chi connectivity index (χ1v) is 6.52. The molecule has 0 aliphatic rings. The summed E-state index contributed by atoms with van der Waals surface area (Å²) in [6.45, 7) is 7.37. The first-order chi connectivity index (χ1) is 8.19. The fourth-order valence-electron chi connectivity index (χ4n) is 2.16. The summed E-state index contributed by atoms with van der Waals surface area (Å²) in [7, 11) is 0. The number of pyridine rings is 1. The molecule has 1 heterocycles. The van der Waals surface area contributed by atoms with Crippen LogP contribution < -0.4 is 5.32 Å². The number of hydrogen-bond donors (Lipinski definition) is 1. The molecule has 2 unspecified atom stereocenters. The third-order valence-electron chi connectivity index (χ3n) is 3.09. The minimum absolute atomic E-state index is 0.203. The van der Waals surface area contributed by atoms with Crippen molar-refractivity contribution in [1.82, 2.24) is 10.3 Å². The number of rotatable bonds is 7. The Morgan fingerprint density at radius 1 is 1.35 bits per heavy atom. The van der Waals surface area contributed by atoms with Gasteiger partial charge in [0.25, 0.3) is 0 Å². The van der Waals surface area contributed by atoms with Crippen LogP contribution in [0.5, 0.6) is 0 Å². The Morgan fingerprint density at radius 3 is 2.71 bits per heavy atom. The first-order valence-electron chi connectivity index (χ1n) is 6.52. The Balaban J connectivity index is 2.77. The number of hydrogen-bond acceptors (Lipinski definition) is 2. The third kappa shape index (κ3) is 4.43. The van der Waals surface area contributed by atoms with Gasteiger partial charge in [-0.15, -0.1) is 0 Å². The highest BCUT2D eigenvalue weighted by molar-refractivity contribution is 5.15. The lowest BCUT2D eigenvalue weighted by Crippen LogP contribution is -2.27. The molecule has 0 spiro atoms. The Bertz CT molecular complexity index is 328. The summed E-state index contributed by atoms with van der Waals surface area (Å²) in [5.74, 6) is 0.242. The molecule has 96 valence electrons. The second kappa shape index (κ2) is 7.38. The van der Waals surface area contributed by atoms with Gasteiger partial charge in [-0.3, -0.25) is 4.98 Å². The molecular formula is C14H23FN2. The van der Waals surface area contributed by atoms with Gasteiger partial charge in [-0.2, -0.15) is 0 Å². The number of aromatic nitrogens is 1. The van der Waals surface area contributed by atoms with Crippen molar-refractivity contribution in [3.63, 3.8) is 0 Å². The zero-order chi connectivity index (χ0) is 12.7. The lowest BCUT2D eigenvalue weighted by Gasteiger charge is -2.25. The van der Waals surface area contributed by atoms with E-state index in [1.54, 1.807) is 12.3 Å². The Labute approximate surface area is 104 Å². The maximum absolute atomic E-state index is 13.2. The fourth-order valence-corrected chi connectivity index (χ4v) is 2.16. The largest absolute Gasteiger partial charge is 0.310 e. The molecule has 0 radical (unpaired) electrons. The maximum Gasteiger partial charge on any atom is 0.141 e. The highest BCUT2D eigenvalue weighted by Crippen LogP contribution is 2.25. The van der Waals surface area contributed by atoms with Crippen molar-refractivity contribution >= 4 is 0 Å². The zero-order valence-electron chi connectivity index (χ0n) is 11.0. The van der Waals surface area contributed by atoms with Crippen molar-refractivity contribution in [2.45, 2.75) is 46.1 Å². The summed E-state index contributed by atoms with van der Waals surface area (Å²) in [4.78, 5) is 3.94. The molecule has 1 aromatic heterocycles. The molecule has 1 rings (SSSR count). The van der Waals surface area contributed by atoms with Crippen molar-refractivity contribution in [2.75, 3.05) is 6.54 Å². The van der Waals surface area contributed by atoms with Crippen LogP contribution in [0.1, 0.15) is 51.6 Å². The van der Waals surface area contributed by atoms with Gasteiger partial charge in [-0.05, 0) is 30.5 Å². The van der Waals surface area contributed by atoms with E-state index in [0.717, 1.165) is 18.5 Å². The van der Waals surface area contributed by atoms with E-state index in [2.05, 4.69) is 31.1 Å². The molecule has 0 saturated carbocycles. The summed E-state index contributed by atoms with van der Waals surface area (Å²) in [6, 6.07) is 1.79. The Morgan fingerprint density at radius 2 is 2.12 bits per heavy atom. The summed E-state index contributed by atoms with van der Waals surface area (Å²) in [5, 5.41) is 3.43. The number of nitrogens with one attached hydrogen (secondary N) is 1. The van der Waals surface area contributed by atoms with E-state index in [1.807, 2.05) is 0 Å². The number of unbranched alkanes of at least 4 members (excludes halogenated alkanes) is 1. The van der Waals surface area contributed by atoms with Gasteiger partial charge in [0.05, 0.1) is 6.20 Å². The number of halogens is 1. The molecule has 1 aromatic rings. The van der Waals surface area contributed by atoms with Crippen LogP contribution >= 0.6 is 0 Å². The molecule has 3 heteroatoms. The van der Waals surface area contributed by atoms with Crippen LogP contribution in [0.4, 0.5) is 4.39 Å². The van der Waals surface area contributed by atoms with Gasteiger partial charge in [0.15, 0.2) is 0 Å². The maximum atomic E-state index is 13.2. The van der Waals surface area contributed by atoms with Crippen LogP contribution in [-0.2, 0) is 0 Å². The van der Waals surface area contributed by atoms with Gasteiger partial charge < -0.3 is 5.32 Å². The molecule has 0 aliphatic carbocycles. The summed E-state index contributed by atoms with van der Waals surface area (Å²) in [6.07, 6.45) is 6.59. The SMILES string of the molecule is CCCCC(C)C(NCC)c1cncc(F)c1. The molecule has 1 N–H and O–H groups in total. The van der Waals surface area contributed by atoms with Gasteiger partial charge in [0.2, 0.25) is 0 Å². The summed E-state index contributed by atoms with van der Waals surface area (Å²) < 4.78 is 13.2. The normalized spacial score (nSPS) is 14.6. The molecule has 0 aliphatic heterocycles. The van der Waals surface area contributed by atoms with E-state index >= 15 is 0 Å². The van der Waals surface area contributed by atoms with Gasteiger partial charge in [0.1, 0.15) is 5.82 Å². The van der Waals surface area contributed by atoms with Crippen LogP contribution in [0.2, 0.25) is 0 Å². The quantitative estimate of drug-likeness (QED) is 0.783. The van der Waals surface area contributed by atoms with E-state index < -0.39 is 0 Å². The number of nitrogens with zero attached hydrogens (tertiary/aromatic N) is 1. The van der Waals surface area contributed by atoms with Gasteiger partial charge in [-0.25, -0.2) is 4.39 Å². The minimum Gasteiger partial charge on any atom is -0.310 e. The van der Waals surface area contributed by atoms with E-state index in [0.29, 0.717) is 5.92 Å². The van der Waals surface area contributed by atoms with E-state index in [-0.39, 0.29) is 11.9 Å². The first kappa shape index (κ1) is 14.1. The standard InChI is InChI=1S/C14H23FN2/c1-4-6-7-11(3)14(17-5-2)12-8-13(15)10-16-9-12/h8-11,14,17H,4-7H2,1-3H3. The Hall–Kier alpha value is -0.960. The van der Waals surface area contributed by atoms with Gasteiger partial charge in [0, 0.05) is 12.2 Å². The average molecular weight is 238 g/mol. The summed E-state index contributed by atoms with van der Waals surface area (Å²) in [5.41, 5.74) is 0.954. The fraction of sp³-hybridized carbons (Fsp3) is 0.643. The summed E-state index contributed by atoms with van der Waals surface area (Å²) >= 11 is 0. The predicted molar refractivity (Wildman–Crippen MR) is 69.3 cm³/mol. The second-order valence-electron chi connectivity index (χ2n) is 4.59. The molecule has 2 nitrogen and oxygen atoms in total. The minimum atomic E-state index is -0.256. The molecular weight excluding hydrogens is 215 g/mol. The molecule has 0 saturated heterocycles. The lowest BCUT2D eigenvalue weighted by atomic mass is 9.91. The van der Waals surface area contributed by atoms with Crippen molar-refractivity contribution < 1.29 is 4.39 Å². The van der Waals surface area contributed by atoms with Crippen LogP contribution in [0.15, 0.2) is 18.5 Å². The third-order valence-corrected chi connectivity index (χ3v) is 3.09. The average Bonchev–Trinajstić information content (AvgIpc) is 2.33. The Kier molecular flexibility index (Phi) is 6.12. The molecule has 17 heavy (non-hydrogen) atoms. The van der Waals surface area contributed by atoms with Gasteiger partial charge in [-0.1, -0.05) is 33.6 Å². The topological polar surface area (TPSA) is 24.9 Å². The van der Waals surface area contributed by atoms with E-state index in [9.17, 15) is 4.39 Å². The smallest absolute Gasteiger partial charge is 0.141 e. The molecule has 0 bridgehead atoms. The lowest BCUT2D eigenvalue weighted by molar-refractivity contribution is 0.361. The van der Waals surface area contributed by atoms with Crippen molar-refractivity contribution in [2.24, 2.45) is 5.92 Å². The zero-order valence-corrected chi connectivity index (χ0v) is 11.0. The van der Waals surface area contributed by atoms with Gasteiger partial charge >= 0.3 is 0 Å². The molecule has 0 aromatic carbocycles. The van der Waals surface area contributed by atoms with Crippen molar-refractivity contribution in [3.8, 4) is 0 Å². The van der Waals surface area contributed by atoms with Crippen LogP contribution in [0.25, 0.3) is 0 Å². The van der Waals surface area contributed by atoms with Crippen molar-refractivity contribution in [3.05, 3.63) is 29.8 Å². The van der Waals surface area contributed by atoms with Crippen LogP contribution in [0, 0.1) is 11.7 Å². The second-order valence-corrected chi connectivity index (χ2v) is 4.59. The molecule has 0 fully saturated rings. The molecule has 2 atom stereocenters. The van der Waals surface area contributed by atoms with Crippen molar-refractivity contribution in [1.29, 1.82) is 0 Å². The van der Waals surface area contributed by atoms with E-state index in [1.165, 1.54) is 19.0 Å². The monoisotopic (exact) mass is 238 g/mol. The van der Waals surface area contributed by atoms with E-state index in [4.69, 9.17) is 0 Å². The van der Waals surface area contributed by atoms with Crippen LogP contribution in [-0.4, -0.2) is 11.5 Å².